The van der Waals surface area contributed by atoms with Crippen molar-refractivity contribution in [2.45, 2.75) is 0 Å². The summed E-state index contributed by atoms with van der Waals surface area (Å²) in [4.78, 5) is 0. The predicted octanol–water partition coefficient (Wildman–Crippen LogP) is -0.356. The Morgan fingerprint density at radius 3 is 0.444 bits per heavy atom. The minimum absolute atomic E-state index is 0. The van der Waals surface area contributed by atoms with Crippen molar-refractivity contribution in [3.63, 3.8) is 0 Å². The molecular formula is Ce2La2Nd2O3. The Labute approximate surface area is 244 Å². The molecule has 3 nitrogen and oxygen atoms in total. The van der Waals surface area contributed by atoms with Crippen LogP contribution in [-0.2, 0) is 16.4 Å². The zero-order chi connectivity index (χ0) is 0. The second-order valence-electron chi connectivity index (χ2n) is 0. The molecule has 0 aliphatic rings. The molecule has 0 rings (SSSR count). The molecule has 0 bridgehead atoms. The summed E-state index contributed by atoms with van der Waals surface area (Å²) in [6, 6.07) is 0. The van der Waals surface area contributed by atoms with Gasteiger partial charge in [-0.25, -0.2) is 0 Å². The van der Waals surface area contributed by atoms with E-state index in [9.17, 15) is 0 Å². The smallest absolute Gasteiger partial charge is 2.00 e. The summed E-state index contributed by atoms with van der Waals surface area (Å²) in [5.74, 6) is 0. The second kappa shape index (κ2) is 57.1. The van der Waals surface area contributed by atoms with Crippen molar-refractivity contribution >= 4 is 0 Å². The van der Waals surface area contributed by atoms with Gasteiger partial charge < -0.3 is 16.4 Å². The van der Waals surface area contributed by atoms with Crippen LogP contribution >= 0.6 is 0 Å². The summed E-state index contributed by atoms with van der Waals surface area (Å²) in [6.45, 7) is 0. The Bertz CT molecular complexity index is 17.8. The quantitative estimate of drug-likeness (QED) is 0.319. The van der Waals surface area contributed by atoms with Crippen LogP contribution in [0.25, 0.3) is 0 Å². The minimum atomic E-state index is 0. The van der Waals surface area contributed by atoms with Crippen LogP contribution in [0, 0.1) is 236 Å². The van der Waals surface area contributed by atoms with Crippen molar-refractivity contribution in [2.75, 3.05) is 0 Å². The van der Waals surface area contributed by atoms with Gasteiger partial charge in [0.05, 0.1) is 0 Å². The Hall–Kier alpha value is 7.72. The number of hydrogen-bond donors (Lipinski definition) is 0. The summed E-state index contributed by atoms with van der Waals surface area (Å²) in [5.41, 5.74) is 0. The Balaban J connectivity index is 0. The maximum Gasteiger partial charge on any atom is 3.00 e. The van der Waals surface area contributed by atoms with E-state index in [4.69, 9.17) is 0 Å². The maximum absolute atomic E-state index is 0. The van der Waals surface area contributed by atoms with E-state index in [0.717, 1.165) is 0 Å². The standard InChI is InChI=1S/2Ce.2La.2Nd.3O/q2*+3;;;;;3*-2. The molecule has 0 aromatic heterocycles. The van der Waals surface area contributed by atoms with Crippen molar-refractivity contribution in [3.8, 4) is 0 Å². The number of hydrogen-bond acceptors (Lipinski definition) is 0. The van der Waals surface area contributed by atoms with Crippen molar-refractivity contribution < 1.29 is 253 Å². The van der Waals surface area contributed by atoms with Gasteiger partial charge in [-0.2, -0.15) is 0 Å². The number of rotatable bonds is 0. The fourth-order valence-electron chi connectivity index (χ4n) is 0. The molecule has 9 heavy (non-hydrogen) atoms. The van der Waals surface area contributed by atoms with E-state index in [1.54, 1.807) is 0 Å². The minimum Gasteiger partial charge on any atom is -2.00 e. The molecule has 40 valence electrons. The van der Waals surface area contributed by atoms with Crippen molar-refractivity contribution in [3.05, 3.63) is 0 Å². The molecule has 0 N–H and O–H groups in total. The van der Waals surface area contributed by atoms with Gasteiger partial charge in [-0.3, -0.25) is 0 Å². The summed E-state index contributed by atoms with van der Waals surface area (Å²) >= 11 is 0. The maximum atomic E-state index is 0. The first kappa shape index (κ1) is 69.3. The van der Waals surface area contributed by atoms with Gasteiger partial charge in [0.25, 0.3) is 0 Å². The average molecular weight is 895 g/mol. The zero-order valence-electron chi connectivity index (χ0n) is 4.38. The normalized spacial score (nSPS) is 0. The van der Waals surface area contributed by atoms with Gasteiger partial charge >= 0.3 is 83.5 Å². The van der Waals surface area contributed by atoms with Gasteiger partial charge in [0.15, 0.2) is 0 Å². The summed E-state index contributed by atoms with van der Waals surface area (Å²) in [7, 11) is 0. The van der Waals surface area contributed by atoms with E-state index >= 15 is 0 Å². The second-order valence-corrected chi connectivity index (χ2v) is 0. The molecule has 0 aromatic carbocycles. The first-order valence-corrected chi connectivity index (χ1v) is 0. The molecule has 0 saturated heterocycles. The van der Waals surface area contributed by atoms with E-state index in [2.05, 4.69) is 0 Å². The molecule has 0 amide bonds. The van der Waals surface area contributed by atoms with E-state index in [1.807, 2.05) is 0 Å². The Kier molecular flexibility index (Phi) is 440. The molecule has 0 aliphatic carbocycles. The van der Waals surface area contributed by atoms with Crippen LogP contribution < -0.4 is 0 Å². The molecule has 0 aliphatic heterocycles. The molecule has 0 unspecified atom stereocenters. The van der Waals surface area contributed by atoms with Crippen LogP contribution in [0.2, 0.25) is 0 Å². The van der Waals surface area contributed by atoms with Crippen LogP contribution in [0.5, 0.6) is 0 Å². The molecule has 4 radical (unpaired) electrons. The topological polar surface area (TPSA) is 85.5 Å². The van der Waals surface area contributed by atoms with E-state index in [0.29, 0.717) is 0 Å². The van der Waals surface area contributed by atoms with E-state index in [-0.39, 0.29) is 253 Å². The first-order valence-electron chi connectivity index (χ1n) is 0. The monoisotopic (exact) mass is 889 g/mol. The first-order chi connectivity index (χ1) is 0. The summed E-state index contributed by atoms with van der Waals surface area (Å²) in [5, 5.41) is 0. The third-order valence-electron chi connectivity index (χ3n) is 0. The van der Waals surface area contributed by atoms with E-state index in [1.165, 1.54) is 0 Å². The van der Waals surface area contributed by atoms with Crippen molar-refractivity contribution in [1.29, 1.82) is 0 Å². The molecule has 0 saturated carbocycles. The Morgan fingerprint density at radius 2 is 0.444 bits per heavy atom. The summed E-state index contributed by atoms with van der Waals surface area (Å²) < 4.78 is 0. The van der Waals surface area contributed by atoms with E-state index < -0.39 is 0 Å². The zero-order valence-corrected chi connectivity index (χ0v) is 24.3. The Morgan fingerprint density at radius 1 is 0.444 bits per heavy atom. The fourth-order valence-corrected chi connectivity index (χ4v) is 0. The van der Waals surface area contributed by atoms with Crippen LogP contribution in [0.4, 0.5) is 0 Å². The SMILES string of the molecule is [Ce+3].[Ce+3].[La].[La].[Nd].[Nd].[O-2].[O-2].[O-2]. The molecule has 0 heterocycles. The summed E-state index contributed by atoms with van der Waals surface area (Å²) in [6.07, 6.45) is 0. The van der Waals surface area contributed by atoms with Crippen LogP contribution in [0.3, 0.4) is 0 Å². The molecule has 0 atom stereocenters. The fraction of sp³-hybridized carbons (Fsp3) is 0. The average Bonchev–Trinajstić information content (AvgIpc) is 0. The molecule has 0 spiro atoms. The van der Waals surface area contributed by atoms with Crippen molar-refractivity contribution in [1.82, 2.24) is 0 Å². The predicted molar refractivity (Wildman–Crippen MR) is 2.06 cm³/mol. The van der Waals surface area contributed by atoms with Crippen LogP contribution in [0.1, 0.15) is 0 Å². The van der Waals surface area contributed by atoms with Gasteiger partial charge in [0.2, 0.25) is 0 Å². The molecule has 0 fully saturated rings. The van der Waals surface area contributed by atoms with Gasteiger partial charge in [-0.15, -0.1) is 0 Å². The third-order valence-corrected chi connectivity index (χ3v) is 0. The largest absolute Gasteiger partial charge is 3.00 e. The van der Waals surface area contributed by atoms with Crippen molar-refractivity contribution in [2.24, 2.45) is 0 Å². The van der Waals surface area contributed by atoms with Gasteiger partial charge in [-0.05, 0) is 0 Å². The van der Waals surface area contributed by atoms with Crippen LogP contribution in [0.15, 0.2) is 0 Å². The molecule has 0 aromatic rings. The van der Waals surface area contributed by atoms with Gasteiger partial charge in [0.1, 0.15) is 0 Å². The molecular weight excluding hydrogens is 895 g/mol. The van der Waals surface area contributed by atoms with Crippen LogP contribution in [-0.4, -0.2) is 0 Å². The molecule has 9 heteroatoms. The third kappa shape index (κ3) is 49.6. The van der Waals surface area contributed by atoms with Gasteiger partial charge in [0, 0.05) is 153 Å². The van der Waals surface area contributed by atoms with Gasteiger partial charge in [-0.1, -0.05) is 0 Å².